The average Bonchev–Trinajstić information content (AvgIpc) is 2.26. The van der Waals surface area contributed by atoms with Crippen molar-refractivity contribution in [3.63, 3.8) is 0 Å². The van der Waals surface area contributed by atoms with Gasteiger partial charge in [-0.05, 0) is 47.7 Å². The van der Waals surface area contributed by atoms with Crippen molar-refractivity contribution in [3.8, 4) is 5.75 Å². The standard InChI is InChI=1S/C11H10INO2/c1-6-10(12)11(14)8-5-7(15-2)3-4-9(8)13-6/h3-5H,1-2H3,(H,13,14). The van der Waals surface area contributed by atoms with Crippen LogP contribution in [0.25, 0.3) is 10.9 Å². The Balaban J connectivity index is 2.88. The lowest BCUT2D eigenvalue weighted by Gasteiger charge is -2.04. The molecule has 4 heteroatoms. The second-order valence-electron chi connectivity index (χ2n) is 3.30. The van der Waals surface area contributed by atoms with Gasteiger partial charge in [0.2, 0.25) is 5.43 Å². The molecule has 1 aromatic carbocycles. The van der Waals surface area contributed by atoms with Crippen molar-refractivity contribution in [2.24, 2.45) is 0 Å². The van der Waals surface area contributed by atoms with Gasteiger partial charge in [-0.15, -0.1) is 0 Å². The van der Waals surface area contributed by atoms with E-state index >= 15 is 0 Å². The van der Waals surface area contributed by atoms with Crippen LogP contribution in [0.15, 0.2) is 23.0 Å². The molecule has 0 fully saturated rings. The zero-order chi connectivity index (χ0) is 11.0. The van der Waals surface area contributed by atoms with Gasteiger partial charge >= 0.3 is 0 Å². The van der Waals surface area contributed by atoms with Crippen molar-refractivity contribution in [2.45, 2.75) is 6.92 Å². The van der Waals surface area contributed by atoms with Gasteiger partial charge in [-0.1, -0.05) is 0 Å². The number of hydrogen-bond donors (Lipinski definition) is 1. The maximum Gasteiger partial charge on any atom is 0.203 e. The van der Waals surface area contributed by atoms with Gasteiger partial charge in [0, 0.05) is 11.2 Å². The Morgan fingerprint density at radius 1 is 1.40 bits per heavy atom. The molecule has 1 heterocycles. The van der Waals surface area contributed by atoms with E-state index < -0.39 is 0 Å². The minimum atomic E-state index is 0.0563. The second-order valence-corrected chi connectivity index (χ2v) is 4.38. The minimum Gasteiger partial charge on any atom is -0.497 e. The molecular weight excluding hydrogens is 305 g/mol. The molecule has 0 saturated heterocycles. The van der Waals surface area contributed by atoms with E-state index in [2.05, 4.69) is 27.6 Å². The van der Waals surface area contributed by atoms with Crippen molar-refractivity contribution in [3.05, 3.63) is 37.7 Å². The molecule has 0 spiro atoms. The molecule has 3 nitrogen and oxygen atoms in total. The lowest BCUT2D eigenvalue weighted by atomic mass is 10.2. The summed E-state index contributed by atoms with van der Waals surface area (Å²) >= 11 is 2.06. The SMILES string of the molecule is COc1ccc2[nH]c(C)c(I)c(=O)c2c1. The number of aryl methyl sites for hydroxylation is 1. The Hall–Kier alpha value is -1.04. The van der Waals surface area contributed by atoms with Crippen LogP contribution in [0, 0.1) is 10.5 Å². The molecule has 1 aromatic heterocycles. The van der Waals surface area contributed by atoms with Crippen LogP contribution in [-0.2, 0) is 0 Å². The molecule has 0 saturated carbocycles. The number of halogens is 1. The van der Waals surface area contributed by atoms with E-state index in [-0.39, 0.29) is 5.43 Å². The summed E-state index contributed by atoms with van der Waals surface area (Å²) in [5.41, 5.74) is 1.80. The molecule has 0 amide bonds. The van der Waals surface area contributed by atoms with Crippen molar-refractivity contribution in [1.29, 1.82) is 0 Å². The van der Waals surface area contributed by atoms with Gasteiger partial charge in [0.25, 0.3) is 0 Å². The van der Waals surface area contributed by atoms with Crippen LogP contribution in [-0.4, -0.2) is 12.1 Å². The molecule has 78 valence electrons. The largest absolute Gasteiger partial charge is 0.497 e. The van der Waals surface area contributed by atoms with Crippen LogP contribution in [0.4, 0.5) is 0 Å². The number of aromatic nitrogens is 1. The zero-order valence-electron chi connectivity index (χ0n) is 8.43. The Morgan fingerprint density at radius 2 is 2.13 bits per heavy atom. The molecule has 15 heavy (non-hydrogen) atoms. The normalized spacial score (nSPS) is 10.6. The third kappa shape index (κ3) is 1.73. The lowest BCUT2D eigenvalue weighted by Crippen LogP contribution is -2.09. The zero-order valence-corrected chi connectivity index (χ0v) is 10.6. The Bertz CT molecular complexity index is 575. The fourth-order valence-electron chi connectivity index (χ4n) is 1.49. The molecule has 0 atom stereocenters. The highest BCUT2D eigenvalue weighted by Gasteiger charge is 2.06. The van der Waals surface area contributed by atoms with Gasteiger partial charge in [-0.25, -0.2) is 0 Å². The molecule has 2 rings (SSSR count). The number of pyridine rings is 1. The minimum absolute atomic E-state index is 0.0563. The summed E-state index contributed by atoms with van der Waals surface area (Å²) in [5, 5.41) is 0.671. The number of ether oxygens (including phenoxy) is 1. The molecule has 2 aromatic rings. The third-order valence-electron chi connectivity index (χ3n) is 2.32. The van der Waals surface area contributed by atoms with Gasteiger partial charge < -0.3 is 9.72 Å². The topological polar surface area (TPSA) is 42.1 Å². The van der Waals surface area contributed by atoms with Gasteiger partial charge in [-0.3, -0.25) is 4.79 Å². The average molecular weight is 315 g/mol. The van der Waals surface area contributed by atoms with E-state index in [1.165, 1.54) is 0 Å². The summed E-state index contributed by atoms with van der Waals surface area (Å²) in [6.07, 6.45) is 0. The predicted octanol–water partition coefficient (Wildman–Crippen LogP) is 2.45. The predicted molar refractivity (Wildman–Crippen MR) is 68.6 cm³/mol. The summed E-state index contributed by atoms with van der Waals surface area (Å²) in [6.45, 7) is 1.90. The summed E-state index contributed by atoms with van der Waals surface area (Å²) in [7, 11) is 1.59. The molecule has 0 aliphatic rings. The highest BCUT2D eigenvalue weighted by molar-refractivity contribution is 14.1. The number of fused-ring (bicyclic) bond motifs is 1. The first-order valence-electron chi connectivity index (χ1n) is 4.49. The number of rotatable bonds is 1. The van der Waals surface area contributed by atoms with Crippen molar-refractivity contribution < 1.29 is 4.74 Å². The summed E-state index contributed by atoms with van der Waals surface area (Å²) in [6, 6.07) is 5.46. The number of H-pyrrole nitrogens is 1. The van der Waals surface area contributed by atoms with Gasteiger partial charge in [0.15, 0.2) is 0 Å². The van der Waals surface area contributed by atoms with E-state index in [9.17, 15) is 4.79 Å². The van der Waals surface area contributed by atoms with Crippen molar-refractivity contribution >= 4 is 33.5 Å². The lowest BCUT2D eigenvalue weighted by molar-refractivity contribution is 0.415. The smallest absolute Gasteiger partial charge is 0.203 e. The molecule has 0 aliphatic carbocycles. The summed E-state index contributed by atoms with van der Waals surface area (Å²) in [4.78, 5) is 15.1. The maximum atomic E-state index is 11.9. The van der Waals surface area contributed by atoms with Crippen LogP contribution in [0.3, 0.4) is 0 Å². The molecule has 0 aliphatic heterocycles. The third-order valence-corrected chi connectivity index (χ3v) is 3.62. The van der Waals surface area contributed by atoms with Gasteiger partial charge in [-0.2, -0.15) is 0 Å². The van der Waals surface area contributed by atoms with Crippen LogP contribution in [0.2, 0.25) is 0 Å². The Morgan fingerprint density at radius 3 is 2.80 bits per heavy atom. The van der Waals surface area contributed by atoms with E-state index in [4.69, 9.17) is 4.74 Å². The molecule has 0 unspecified atom stereocenters. The second kappa shape index (κ2) is 3.84. The Kier molecular flexibility index (Phi) is 2.68. The van der Waals surface area contributed by atoms with Gasteiger partial charge in [0.05, 0.1) is 16.1 Å². The van der Waals surface area contributed by atoms with Crippen LogP contribution in [0.5, 0.6) is 5.75 Å². The number of methoxy groups -OCH3 is 1. The van der Waals surface area contributed by atoms with Crippen LogP contribution >= 0.6 is 22.6 Å². The van der Waals surface area contributed by atoms with Crippen LogP contribution < -0.4 is 10.2 Å². The maximum absolute atomic E-state index is 11.9. The summed E-state index contributed by atoms with van der Waals surface area (Å²) < 4.78 is 5.82. The first kappa shape index (κ1) is 10.5. The van der Waals surface area contributed by atoms with E-state index in [0.29, 0.717) is 11.1 Å². The van der Waals surface area contributed by atoms with Crippen molar-refractivity contribution in [1.82, 2.24) is 4.98 Å². The fourth-order valence-corrected chi connectivity index (χ4v) is 1.92. The molecule has 0 radical (unpaired) electrons. The molecule has 0 bridgehead atoms. The molecule has 1 N–H and O–H groups in total. The first-order chi connectivity index (χ1) is 7.13. The van der Waals surface area contributed by atoms with E-state index in [0.717, 1.165) is 14.8 Å². The number of aromatic amines is 1. The molecular formula is C11H10INO2. The monoisotopic (exact) mass is 315 g/mol. The highest BCUT2D eigenvalue weighted by Crippen LogP contribution is 2.18. The number of benzene rings is 1. The van der Waals surface area contributed by atoms with Gasteiger partial charge in [0.1, 0.15) is 5.75 Å². The number of hydrogen-bond acceptors (Lipinski definition) is 2. The summed E-state index contributed by atoms with van der Waals surface area (Å²) in [5.74, 6) is 0.702. The first-order valence-corrected chi connectivity index (χ1v) is 5.57. The van der Waals surface area contributed by atoms with Crippen molar-refractivity contribution in [2.75, 3.05) is 7.11 Å². The highest BCUT2D eigenvalue weighted by atomic mass is 127. The van der Waals surface area contributed by atoms with Crippen LogP contribution in [0.1, 0.15) is 5.69 Å². The Labute approximate surface area is 101 Å². The number of nitrogens with one attached hydrogen (secondary N) is 1. The van der Waals surface area contributed by atoms with E-state index in [1.54, 1.807) is 13.2 Å². The fraction of sp³-hybridized carbons (Fsp3) is 0.182. The van der Waals surface area contributed by atoms with E-state index in [1.807, 2.05) is 19.1 Å². The quantitative estimate of drug-likeness (QED) is 0.822.